The minimum absolute atomic E-state index is 0.0755. The van der Waals surface area contributed by atoms with Gasteiger partial charge in [-0.05, 0) is 42.3 Å². The number of unbranched alkanes of at least 4 members (excludes halogenated alkanes) is 1. The van der Waals surface area contributed by atoms with Crippen molar-refractivity contribution < 1.29 is 18.3 Å². The van der Waals surface area contributed by atoms with E-state index in [0.717, 1.165) is 11.3 Å². The molecular formula is C23H25FN4O5. The maximum absolute atomic E-state index is 14.0. The molecule has 0 aliphatic heterocycles. The van der Waals surface area contributed by atoms with Gasteiger partial charge in [-0.25, -0.2) is 9.18 Å². The highest BCUT2D eigenvalue weighted by Gasteiger charge is 2.24. The summed E-state index contributed by atoms with van der Waals surface area (Å²) in [5, 5.41) is 0. The van der Waals surface area contributed by atoms with Gasteiger partial charge in [0.1, 0.15) is 11.6 Å². The Morgan fingerprint density at radius 2 is 2.12 bits per heavy atom. The van der Waals surface area contributed by atoms with Gasteiger partial charge in [-0.2, -0.15) is 0 Å². The Balaban J connectivity index is 2.02. The van der Waals surface area contributed by atoms with Gasteiger partial charge in [-0.1, -0.05) is 19.4 Å². The van der Waals surface area contributed by atoms with Crippen LogP contribution < -0.4 is 26.6 Å². The molecule has 0 fully saturated rings. The van der Waals surface area contributed by atoms with Crippen molar-refractivity contribution in [3.63, 3.8) is 0 Å². The van der Waals surface area contributed by atoms with Gasteiger partial charge >= 0.3 is 5.69 Å². The number of carbonyl (C=O) groups excluding carboxylic acids is 1. The fourth-order valence-electron chi connectivity index (χ4n) is 3.25. The number of benzene rings is 1. The number of nitrogens with two attached hydrogens (primary N) is 1. The topological polar surface area (TPSA) is 124 Å². The van der Waals surface area contributed by atoms with Gasteiger partial charge in [-0.15, -0.1) is 0 Å². The molecule has 0 unspecified atom stereocenters. The van der Waals surface area contributed by atoms with Crippen LogP contribution in [0, 0.1) is 5.82 Å². The van der Waals surface area contributed by atoms with E-state index >= 15 is 0 Å². The molecule has 0 radical (unpaired) electrons. The van der Waals surface area contributed by atoms with Crippen LogP contribution in [0.25, 0.3) is 6.08 Å². The maximum Gasteiger partial charge on any atom is 0.330 e. The summed E-state index contributed by atoms with van der Waals surface area (Å²) in [5.74, 6) is -0.839. The molecule has 0 bridgehead atoms. The maximum atomic E-state index is 14.0. The average molecular weight is 456 g/mol. The SMILES string of the molecule is CCCCn1c(N)c(N(Cc2ccco2)C(=O)/C=C/c2ccc(OC)c(F)c2)c(=O)[nH]c1=O. The zero-order chi connectivity index (χ0) is 24.0. The number of nitrogens with zero attached hydrogens (tertiary/aromatic N) is 2. The summed E-state index contributed by atoms with van der Waals surface area (Å²) in [4.78, 5) is 41.5. The molecule has 0 saturated carbocycles. The molecule has 9 nitrogen and oxygen atoms in total. The number of nitrogen functional groups attached to an aromatic ring is 1. The number of H-pyrrole nitrogens is 1. The average Bonchev–Trinajstić information content (AvgIpc) is 3.30. The van der Waals surface area contributed by atoms with Crippen LogP contribution in [0.3, 0.4) is 0 Å². The van der Waals surface area contributed by atoms with Gasteiger partial charge in [0, 0.05) is 12.6 Å². The molecule has 0 aliphatic rings. The Kier molecular flexibility index (Phi) is 7.50. The molecule has 2 aromatic heterocycles. The zero-order valence-electron chi connectivity index (χ0n) is 18.3. The number of aromatic amines is 1. The number of ether oxygens (including phenoxy) is 1. The van der Waals surface area contributed by atoms with E-state index in [0.29, 0.717) is 17.7 Å². The summed E-state index contributed by atoms with van der Waals surface area (Å²) in [5.41, 5.74) is 4.98. The molecule has 10 heteroatoms. The number of carbonyl (C=O) groups is 1. The number of nitrogens with one attached hydrogen (secondary N) is 1. The van der Waals surface area contributed by atoms with Crippen LogP contribution in [-0.4, -0.2) is 22.6 Å². The molecule has 1 amide bonds. The van der Waals surface area contributed by atoms with E-state index in [2.05, 4.69) is 4.98 Å². The third-order valence-electron chi connectivity index (χ3n) is 4.97. The number of halogens is 1. The Labute approximate surface area is 188 Å². The van der Waals surface area contributed by atoms with Crippen molar-refractivity contribution >= 4 is 23.5 Å². The van der Waals surface area contributed by atoms with Gasteiger partial charge in [0.15, 0.2) is 17.3 Å². The number of hydrogen-bond acceptors (Lipinski definition) is 6. The van der Waals surface area contributed by atoms with E-state index in [4.69, 9.17) is 14.9 Å². The van der Waals surface area contributed by atoms with Gasteiger partial charge in [0.05, 0.1) is 19.9 Å². The third kappa shape index (κ3) is 5.40. The van der Waals surface area contributed by atoms with E-state index in [1.807, 2.05) is 6.92 Å². The lowest BCUT2D eigenvalue weighted by atomic mass is 10.2. The molecule has 3 N–H and O–H groups in total. The number of hydrogen-bond donors (Lipinski definition) is 2. The molecule has 2 heterocycles. The Morgan fingerprint density at radius 1 is 1.33 bits per heavy atom. The van der Waals surface area contributed by atoms with Crippen LogP contribution in [0.5, 0.6) is 5.75 Å². The van der Waals surface area contributed by atoms with Crippen molar-refractivity contribution in [1.29, 1.82) is 0 Å². The highest BCUT2D eigenvalue weighted by Crippen LogP contribution is 2.22. The van der Waals surface area contributed by atoms with Crippen molar-refractivity contribution in [3.8, 4) is 5.75 Å². The highest BCUT2D eigenvalue weighted by atomic mass is 19.1. The molecule has 33 heavy (non-hydrogen) atoms. The lowest BCUT2D eigenvalue weighted by Gasteiger charge is -2.22. The van der Waals surface area contributed by atoms with Crippen LogP contribution in [0.2, 0.25) is 0 Å². The summed E-state index contributed by atoms with van der Waals surface area (Å²) in [6.45, 7) is 2.13. The number of amides is 1. The number of methoxy groups -OCH3 is 1. The summed E-state index contributed by atoms with van der Waals surface area (Å²) in [7, 11) is 1.35. The van der Waals surface area contributed by atoms with E-state index in [-0.39, 0.29) is 30.3 Å². The molecule has 0 atom stereocenters. The van der Waals surface area contributed by atoms with Crippen LogP contribution in [-0.2, 0) is 17.9 Å². The third-order valence-corrected chi connectivity index (χ3v) is 4.97. The molecule has 3 rings (SSSR count). The lowest BCUT2D eigenvalue weighted by Crippen LogP contribution is -2.40. The molecule has 174 valence electrons. The first-order chi connectivity index (χ1) is 15.8. The smallest absolute Gasteiger partial charge is 0.330 e. The molecular weight excluding hydrogens is 431 g/mol. The fraction of sp³-hybridized carbons (Fsp3) is 0.261. The van der Waals surface area contributed by atoms with Crippen LogP contribution in [0.4, 0.5) is 15.9 Å². The Morgan fingerprint density at radius 3 is 2.76 bits per heavy atom. The lowest BCUT2D eigenvalue weighted by molar-refractivity contribution is -0.114. The van der Waals surface area contributed by atoms with Crippen molar-refractivity contribution in [2.75, 3.05) is 17.7 Å². The molecule has 3 aromatic rings. The predicted octanol–water partition coefficient (Wildman–Crippen LogP) is 2.91. The largest absolute Gasteiger partial charge is 0.494 e. The van der Waals surface area contributed by atoms with Crippen LogP contribution in [0.1, 0.15) is 31.1 Å². The highest BCUT2D eigenvalue weighted by molar-refractivity contribution is 6.05. The molecule has 0 saturated heterocycles. The summed E-state index contributed by atoms with van der Waals surface area (Å²) >= 11 is 0. The standard InChI is InChI=1S/C23H25FN4O5/c1-3-4-11-27-21(25)20(22(30)26-23(27)31)28(14-16-6-5-12-33-16)19(29)10-8-15-7-9-18(32-2)17(24)13-15/h5-10,12-13H,3-4,11,14,25H2,1-2H3,(H,26,30,31)/b10-8+. The van der Waals surface area contributed by atoms with Crippen molar-refractivity contribution in [2.24, 2.45) is 0 Å². The molecule has 0 aliphatic carbocycles. The molecule has 0 spiro atoms. The number of aromatic nitrogens is 2. The predicted molar refractivity (Wildman–Crippen MR) is 123 cm³/mol. The zero-order valence-corrected chi connectivity index (χ0v) is 18.3. The van der Waals surface area contributed by atoms with E-state index < -0.39 is 23.0 Å². The Bertz CT molecular complexity index is 1260. The van der Waals surface area contributed by atoms with Gasteiger partial charge in [0.2, 0.25) is 0 Å². The fourth-order valence-corrected chi connectivity index (χ4v) is 3.25. The van der Waals surface area contributed by atoms with Gasteiger partial charge < -0.3 is 14.9 Å². The second-order valence-corrected chi connectivity index (χ2v) is 7.23. The summed E-state index contributed by atoms with van der Waals surface area (Å²) in [6, 6.07) is 7.51. The van der Waals surface area contributed by atoms with Crippen molar-refractivity contribution in [3.05, 3.63) is 80.7 Å². The summed E-state index contributed by atoms with van der Waals surface area (Å²) < 4.78 is 25.4. The normalized spacial score (nSPS) is 11.1. The first kappa shape index (κ1) is 23.6. The summed E-state index contributed by atoms with van der Waals surface area (Å²) in [6.07, 6.45) is 5.48. The Hall–Kier alpha value is -4.08. The van der Waals surface area contributed by atoms with Crippen LogP contribution >= 0.6 is 0 Å². The van der Waals surface area contributed by atoms with Crippen LogP contribution in [0.15, 0.2) is 56.7 Å². The van der Waals surface area contributed by atoms with Gasteiger partial charge in [0.25, 0.3) is 11.5 Å². The van der Waals surface area contributed by atoms with E-state index in [1.165, 1.54) is 42.2 Å². The number of furan rings is 1. The monoisotopic (exact) mass is 456 g/mol. The second kappa shape index (κ2) is 10.5. The van der Waals surface area contributed by atoms with E-state index in [9.17, 15) is 18.8 Å². The first-order valence-electron chi connectivity index (χ1n) is 10.3. The minimum atomic E-state index is -0.797. The van der Waals surface area contributed by atoms with Gasteiger partial charge in [-0.3, -0.25) is 24.0 Å². The van der Waals surface area contributed by atoms with E-state index in [1.54, 1.807) is 18.2 Å². The number of anilines is 2. The van der Waals surface area contributed by atoms with Crippen molar-refractivity contribution in [2.45, 2.75) is 32.9 Å². The van der Waals surface area contributed by atoms with Crippen molar-refractivity contribution in [1.82, 2.24) is 9.55 Å². The molecule has 1 aromatic carbocycles. The number of rotatable bonds is 9. The minimum Gasteiger partial charge on any atom is -0.494 e. The first-order valence-corrected chi connectivity index (χ1v) is 10.3. The quantitative estimate of drug-likeness (QED) is 0.477. The second-order valence-electron chi connectivity index (χ2n) is 7.23.